The minimum absolute atomic E-state index is 0.379. The van der Waals surface area contributed by atoms with E-state index in [0.717, 1.165) is 23.6 Å². The third kappa shape index (κ3) is 2.00. The zero-order chi connectivity index (χ0) is 11.9. The molecule has 1 aromatic carbocycles. The summed E-state index contributed by atoms with van der Waals surface area (Å²) in [7, 11) is 0. The largest absolute Gasteiger partial charge is 0.399 e. The normalized spacial score (nSPS) is 17.0. The Morgan fingerprint density at radius 1 is 1.41 bits per heavy atom. The van der Waals surface area contributed by atoms with Crippen molar-refractivity contribution in [3.8, 4) is 11.4 Å². The number of benzene rings is 1. The summed E-state index contributed by atoms with van der Waals surface area (Å²) >= 11 is 0. The van der Waals surface area contributed by atoms with Gasteiger partial charge in [0, 0.05) is 11.3 Å². The van der Waals surface area contributed by atoms with Crippen molar-refractivity contribution in [2.24, 2.45) is 5.41 Å². The van der Waals surface area contributed by atoms with Gasteiger partial charge in [0.05, 0.1) is 6.54 Å². The summed E-state index contributed by atoms with van der Waals surface area (Å²) in [5.41, 5.74) is 7.86. The number of tetrazole rings is 1. The minimum Gasteiger partial charge on any atom is -0.399 e. The predicted octanol–water partition coefficient (Wildman–Crippen LogP) is 1.72. The highest BCUT2D eigenvalue weighted by atomic mass is 15.5. The number of nitrogens with zero attached hydrogens (tertiary/aromatic N) is 4. The molecule has 1 aliphatic rings. The van der Waals surface area contributed by atoms with Gasteiger partial charge in [-0.15, -0.1) is 5.10 Å². The average molecular weight is 229 g/mol. The summed E-state index contributed by atoms with van der Waals surface area (Å²) in [6, 6.07) is 7.66. The highest BCUT2D eigenvalue weighted by Gasteiger charge is 2.38. The van der Waals surface area contributed by atoms with Gasteiger partial charge in [-0.05, 0) is 40.8 Å². The topological polar surface area (TPSA) is 69.6 Å². The number of anilines is 1. The lowest BCUT2D eigenvalue weighted by Crippen LogP contribution is -2.11. The van der Waals surface area contributed by atoms with Crippen molar-refractivity contribution in [3.63, 3.8) is 0 Å². The maximum Gasteiger partial charge on any atom is 0.182 e. The Bertz CT molecular complexity index is 541. The quantitative estimate of drug-likeness (QED) is 0.813. The number of hydrogen-bond acceptors (Lipinski definition) is 4. The van der Waals surface area contributed by atoms with Gasteiger partial charge in [-0.1, -0.05) is 19.1 Å². The molecule has 1 fully saturated rings. The first-order valence-corrected chi connectivity index (χ1v) is 5.78. The van der Waals surface area contributed by atoms with Gasteiger partial charge in [0.1, 0.15) is 0 Å². The van der Waals surface area contributed by atoms with Crippen LogP contribution in [-0.2, 0) is 6.54 Å². The van der Waals surface area contributed by atoms with Crippen molar-refractivity contribution in [1.29, 1.82) is 0 Å². The molecule has 1 aliphatic carbocycles. The molecule has 2 aromatic rings. The van der Waals surface area contributed by atoms with E-state index in [2.05, 4.69) is 22.4 Å². The molecule has 2 N–H and O–H groups in total. The molecular formula is C12H15N5. The van der Waals surface area contributed by atoms with Gasteiger partial charge in [0.15, 0.2) is 5.82 Å². The standard InChI is InChI=1S/C12H15N5/c1-12(5-6-12)8-17-11(14-15-16-17)9-3-2-4-10(13)7-9/h2-4,7H,5-6,8,13H2,1H3. The molecule has 0 saturated heterocycles. The van der Waals surface area contributed by atoms with E-state index in [1.165, 1.54) is 12.8 Å². The average Bonchev–Trinajstić information content (AvgIpc) is 2.86. The van der Waals surface area contributed by atoms with Crippen LogP contribution >= 0.6 is 0 Å². The molecule has 1 heterocycles. The number of nitrogens with two attached hydrogens (primary N) is 1. The van der Waals surface area contributed by atoms with Gasteiger partial charge in [-0.2, -0.15) is 0 Å². The predicted molar refractivity (Wildman–Crippen MR) is 65.0 cm³/mol. The molecule has 5 nitrogen and oxygen atoms in total. The first kappa shape index (κ1) is 10.3. The molecule has 3 rings (SSSR count). The SMILES string of the molecule is CC1(Cn2nnnc2-c2cccc(N)c2)CC1. The van der Waals surface area contributed by atoms with Crippen LogP contribution in [0.4, 0.5) is 5.69 Å². The summed E-state index contributed by atoms with van der Waals surface area (Å²) in [5.74, 6) is 0.797. The molecule has 5 heteroatoms. The molecule has 0 amide bonds. The van der Waals surface area contributed by atoms with Crippen LogP contribution < -0.4 is 5.73 Å². The van der Waals surface area contributed by atoms with E-state index >= 15 is 0 Å². The summed E-state index contributed by atoms with van der Waals surface area (Å²) < 4.78 is 1.88. The van der Waals surface area contributed by atoms with Gasteiger partial charge in [0.25, 0.3) is 0 Å². The Balaban J connectivity index is 1.95. The van der Waals surface area contributed by atoms with E-state index in [4.69, 9.17) is 5.73 Å². The Morgan fingerprint density at radius 3 is 2.94 bits per heavy atom. The van der Waals surface area contributed by atoms with Gasteiger partial charge in [-0.3, -0.25) is 0 Å². The number of hydrogen-bond donors (Lipinski definition) is 1. The van der Waals surface area contributed by atoms with Crippen LogP contribution in [0.15, 0.2) is 24.3 Å². The van der Waals surface area contributed by atoms with Crippen molar-refractivity contribution < 1.29 is 0 Å². The fourth-order valence-electron chi connectivity index (χ4n) is 1.93. The number of nitrogen functional groups attached to an aromatic ring is 1. The highest BCUT2D eigenvalue weighted by molar-refractivity contribution is 5.60. The minimum atomic E-state index is 0.379. The van der Waals surface area contributed by atoms with Crippen molar-refractivity contribution in [2.45, 2.75) is 26.3 Å². The van der Waals surface area contributed by atoms with Crippen LogP contribution in [0.3, 0.4) is 0 Å². The fourth-order valence-corrected chi connectivity index (χ4v) is 1.93. The molecule has 1 saturated carbocycles. The second kappa shape index (κ2) is 3.55. The first-order valence-electron chi connectivity index (χ1n) is 5.78. The molecule has 0 spiro atoms. The lowest BCUT2D eigenvalue weighted by atomic mass is 10.1. The van der Waals surface area contributed by atoms with Crippen LogP contribution in [0.1, 0.15) is 19.8 Å². The Hall–Kier alpha value is -1.91. The maximum absolute atomic E-state index is 5.78. The first-order chi connectivity index (χ1) is 8.16. The third-order valence-corrected chi connectivity index (χ3v) is 3.31. The van der Waals surface area contributed by atoms with Gasteiger partial charge in [0.2, 0.25) is 0 Å². The van der Waals surface area contributed by atoms with Crippen LogP contribution in [-0.4, -0.2) is 20.2 Å². The number of rotatable bonds is 3. The van der Waals surface area contributed by atoms with Crippen LogP contribution in [0, 0.1) is 5.41 Å². The molecule has 0 atom stereocenters. The summed E-state index contributed by atoms with van der Waals surface area (Å²) in [6.07, 6.45) is 2.51. The zero-order valence-corrected chi connectivity index (χ0v) is 9.80. The molecule has 0 aliphatic heterocycles. The second-order valence-electron chi connectivity index (χ2n) is 5.10. The third-order valence-electron chi connectivity index (χ3n) is 3.31. The molecule has 0 bridgehead atoms. The molecule has 0 unspecified atom stereocenters. The molecule has 0 radical (unpaired) electrons. The van der Waals surface area contributed by atoms with Crippen LogP contribution in [0.25, 0.3) is 11.4 Å². The van der Waals surface area contributed by atoms with Gasteiger partial charge < -0.3 is 5.73 Å². The summed E-state index contributed by atoms with van der Waals surface area (Å²) in [5, 5.41) is 11.9. The number of aromatic nitrogens is 4. The van der Waals surface area contributed by atoms with E-state index in [9.17, 15) is 0 Å². The van der Waals surface area contributed by atoms with E-state index in [0.29, 0.717) is 5.41 Å². The van der Waals surface area contributed by atoms with E-state index < -0.39 is 0 Å². The van der Waals surface area contributed by atoms with Crippen molar-refractivity contribution in [2.75, 3.05) is 5.73 Å². The van der Waals surface area contributed by atoms with Crippen LogP contribution in [0.5, 0.6) is 0 Å². The molecule has 1 aromatic heterocycles. The van der Waals surface area contributed by atoms with E-state index in [-0.39, 0.29) is 0 Å². The molecule has 88 valence electrons. The van der Waals surface area contributed by atoms with Crippen molar-refractivity contribution >= 4 is 5.69 Å². The van der Waals surface area contributed by atoms with Crippen LogP contribution in [0.2, 0.25) is 0 Å². The molecular weight excluding hydrogens is 214 g/mol. The lowest BCUT2D eigenvalue weighted by molar-refractivity contribution is 0.427. The van der Waals surface area contributed by atoms with E-state index in [1.54, 1.807) is 0 Å². The fraction of sp³-hybridized carbons (Fsp3) is 0.417. The highest BCUT2D eigenvalue weighted by Crippen LogP contribution is 2.46. The van der Waals surface area contributed by atoms with Crippen molar-refractivity contribution in [1.82, 2.24) is 20.2 Å². The zero-order valence-electron chi connectivity index (χ0n) is 9.80. The summed E-state index contributed by atoms with van der Waals surface area (Å²) in [4.78, 5) is 0. The van der Waals surface area contributed by atoms with Crippen molar-refractivity contribution in [3.05, 3.63) is 24.3 Å². The molecule has 17 heavy (non-hydrogen) atoms. The second-order valence-corrected chi connectivity index (χ2v) is 5.10. The van der Waals surface area contributed by atoms with E-state index in [1.807, 2.05) is 28.9 Å². The maximum atomic E-state index is 5.78. The Morgan fingerprint density at radius 2 is 2.24 bits per heavy atom. The Kier molecular flexibility index (Phi) is 2.14. The lowest BCUT2D eigenvalue weighted by Gasteiger charge is -2.09. The monoisotopic (exact) mass is 229 g/mol. The van der Waals surface area contributed by atoms with Gasteiger partial charge >= 0.3 is 0 Å². The van der Waals surface area contributed by atoms with Gasteiger partial charge in [-0.25, -0.2) is 4.68 Å². The smallest absolute Gasteiger partial charge is 0.182 e. The Labute approximate surface area is 99.6 Å². The summed E-state index contributed by atoms with van der Waals surface area (Å²) in [6.45, 7) is 3.14.